The zero-order valence-corrected chi connectivity index (χ0v) is 14.7. The van der Waals surface area contributed by atoms with Gasteiger partial charge in [-0.2, -0.15) is 0 Å². The Morgan fingerprint density at radius 2 is 2.08 bits per heavy atom. The van der Waals surface area contributed by atoms with Crippen LogP contribution in [-0.2, 0) is 11.3 Å². The molecule has 0 N–H and O–H groups in total. The molecule has 1 aromatic carbocycles. The smallest absolute Gasteiger partial charge is 0.219 e. The predicted octanol–water partition coefficient (Wildman–Crippen LogP) is 3.33. The monoisotopic (exact) mass is 343 g/mol. The number of hydrogen-bond donors (Lipinski definition) is 0. The van der Waals surface area contributed by atoms with Crippen LogP contribution in [0.25, 0.3) is 10.9 Å². The normalized spacial score (nSPS) is 24.3. The standard InChI is InChI=1S/C19H22ClN3O/c1-13(24)22-9-14-5-8-17(12-22)23(10-14)11-16-7-6-15-3-2-4-18(20)19(15)21-16/h2-4,6-7,14,17H,5,8-12H2,1H3/t14-,17+/m0/s1. The van der Waals surface area contributed by atoms with E-state index in [-0.39, 0.29) is 5.91 Å². The highest BCUT2D eigenvalue weighted by molar-refractivity contribution is 6.35. The van der Waals surface area contributed by atoms with Crippen LogP contribution >= 0.6 is 11.6 Å². The number of carbonyl (C=O) groups is 1. The van der Waals surface area contributed by atoms with Gasteiger partial charge in [0.1, 0.15) is 0 Å². The lowest BCUT2D eigenvalue weighted by Gasteiger charge is -2.35. The summed E-state index contributed by atoms with van der Waals surface area (Å²) in [4.78, 5) is 21.1. The van der Waals surface area contributed by atoms with Gasteiger partial charge in [0.2, 0.25) is 5.91 Å². The van der Waals surface area contributed by atoms with Gasteiger partial charge in [-0.25, -0.2) is 4.98 Å². The zero-order chi connectivity index (χ0) is 16.7. The minimum atomic E-state index is 0.198. The summed E-state index contributed by atoms with van der Waals surface area (Å²) in [6.45, 7) is 5.31. The van der Waals surface area contributed by atoms with Crippen molar-refractivity contribution in [1.82, 2.24) is 14.8 Å². The Balaban J connectivity index is 1.57. The lowest BCUT2D eigenvalue weighted by atomic mass is 9.95. The summed E-state index contributed by atoms with van der Waals surface area (Å²) < 4.78 is 0. The number of benzene rings is 1. The van der Waals surface area contributed by atoms with Crippen LogP contribution < -0.4 is 0 Å². The molecule has 3 fully saturated rings. The molecule has 0 aliphatic carbocycles. The van der Waals surface area contributed by atoms with Crippen LogP contribution in [0.3, 0.4) is 0 Å². The Hall–Kier alpha value is -1.65. The first kappa shape index (κ1) is 15.9. The van der Waals surface area contributed by atoms with Crippen LogP contribution in [-0.4, -0.2) is 46.4 Å². The number of piperidine rings is 1. The van der Waals surface area contributed by atoms with Crippen LogP contribution in [0.2, 0.25) is 5.02 Å². The zero-order valence-electron chi connectivity index (χ0n) is 13.9. The van der Waals surface area contributed by atoms with Gasteiger partial charge in [-0.05, 0) is 30.9 Å². The van der Waals surface area contributed by atoms with Gasteiger partial charge in [0.25, 0.3) is 0 Å². The van der Waals surface area contributed by atoms with E-state index < -0.39 is 0 Å². The van der Waals surface area contributed by atoms with Gasteiger partial charge in [0.05, 0.1) is 16.2 Å². The number of halogens is 1. The molecule has 1 amide bonds. The summed E-state index contributed by atoms with van der Waals surface area (Å²) in [5.74, 6) is 0.779. The van der Waals surface area contributed by atoms with Gasteiger partial charge < -0.3 is 4.90 Å². The molecule has 0 spiro atoms. The van der Waals surface area contributed by atoms with Crippen LogP contribution in [0.5, 0.6) is 0 Å². The Morgan fingerprint density at radius 1 is 1.21 bits per heavy atom. The molecule has 126 valence electrons. The molecular formula is C19H22ClN3O. The number of pyridine rings is 1. The van der Waals surface area contributed by atoms with Crippen LogP contribution in [0, 0.1) is 5.92 Å². The lowest BCUT2D eigenvalue weighted by Crippen LogP contribution is -2.43. The number of carbonyl (C=O) groups excluding carboxylic acids is 1. The second kappa shape index (κ2) is 6.34. The van der Waals surface area contributed by atoms with E-state index in [1.54, 1.807) is 6.92 Å². The number of rotatable bonds is 2. The third-order valence-electron chi connectivity index (χ3n) is 5.37. The molecule has 0 radical (unpaired) electrons. The second-order valence-corrected chi connectivity index (χ2v) is 7.47. The molecule has 4 nitrogen and oxygen atoms in total. The fourth-order valence-electron chi connectivity index (χ4n) is 4.08. The number of nitrogens with zero attached hydrogens (tertiary/aromatic N) is 3. The average Bonchev–Trinajstić information content (AvgIpc) is 2.88. The van der Waals surface area contributed by atoms with Crippen molar-refractivity contribution in [2.24, 2.45) is 5.92 Å². The van der Waals surface area contributed by atoms with E-state index >= 15 is 0 Å². The Bertz CT molecular complexity index is 778. The fraction of sp³-hybridized carbons (Fsp3) is 0.474. The van der Waals surface area contributed by atoms with Crippen molar-refractivity contribution in [2.45, 2.75) is 32.4 Å². The summed E-state index contributed by atoms with van der Waals surface area (Å²) in [5.41, 5.74) is 1.93. The number of hydrogen-bond acceptors (Lipinski definition) is 3. The van der Waals surface area contributed by atoms with E-state index in [9.17, 15) is 4.79 Å². The van der Waals surface area contributed by atoms with E-state index in [1.165, 1.54) is 12.8 Å². The summed E-state index contributed by atoms with van der Waals surface area (Å²) in [7, 11) is 0. The van der Waals surface area contributed by atoms with Crippen LogP contribution in [0.15, 0.2) is 30.3 Å². The molecule has 2 atom stereocenters. The molecule has 4 heterocycles. The largest absolute Gasteiger partial charge is 0.341 e. The summed E-state index contributed by atoms with van der Waals surface area (Å²) in [5, 5.41) is 1.78. The molecular weight excluding hydrogens is 322 g/mol. The van der Waals surface area contributed by atoms with Crippen molar-refractivity contribution in [3.05, 3.63) is 41.0 Å². The quantitative estimate of drug-likeness (QED) is 0.839. The molecule has 0 saturated carbocycles. The minimum Gasteiger partial charge on any atom is -0.341 e. The molecule has 2 aromatic rings. The van der Waals surface area contributed by atoms with Crippen LogP contribution in [0.4, 0.5) is 0 Å². The maximum absolute atomic E-state index is 11.8. The van der Waals surface area contributed by atoms with E-state index in [0.29, 0.717) is 17.0 Å². The molecule has 3 aliphatic heterocycles. The molecule has 3 aliphatic rings. The highest BCUT2D eigenvalue weighted by Gasteiger charge is 2.35. The average molecular weight is 344 g/mol. The highest BCUT2D eigenvalue weighted by Crippen LogP contribution is 2.29. The number of amides is 1. The molecule has 0 unspecified atom stereocenters. The van der Waals surface area contributed by atoms with E-state index in [0.717, 1.165) is 42.8 Å². The summed E-state index contributed by atoms with van der Waals surface area (Å²) in [6.07, 6.45) is 2.39. The topological polar surface area (TPSA) is 36.4 Å². The maximum atomic E-state index is 11.8. The fourth-order valence-corrected chi connectivity index (χ4v) is 4.30. The molecule has 24 heavy (non-hydrogen) atoms. The maximum Gasteiger partial charge on any atom is 0.219 e. The SMILES string of the molecule is CC(=O)N1C[C@@H]2CC[C@H](C1)N(Cc1ccc3cccc(Cl)c3n1)C2. The second-order valence-electron chi connectivity index (χ2n) is 7.06. The van der Waals surface area contributed by atoms with Crippen LogP contribution in [0.1, 0.15) is 25.5 Å². The van der Waals surface area contributed by atoms with Crippen molar-refractivity contribution in [2.75, 3.05) is 19.6 Å². The van der Waals surface area contributed by atoms with Crippen molar-refractivity contribution in [1.29, 1.82) is 0 Å². The molecule has 5 heteroatoms. The van der Waals surface area contributed by atoms with Crippen molar-refractivity contribution >= 4 is 28.4 Å². The summed E-state index contributed by atoms with van der Waals surface area (Å²) in [6, 6.07) is 10.5. The van der Waals surface area contributed by atoms with Crippen molar-refractivity contribution in [3.63, 3.8) is 0 Å². The van der Waals surface area contributed by atoms with E-state index in [4.69, 9.17) is 16.6 Å². The number of aromatic nitrogens is 1. The molecule has 5 rings (SSSR count). The van der Waals surface area contributed by atoms with Gasteiger partial charge in [0, 0.05) is 44.5 Å². The van der Waals surface area contributed by atoms with Crippen molar-refractivity contribution in [3.8, 4) is 0 Å². The van der Waals surface area contributed by atoms with Gasteiger partial charge >= 0.3 is 0 Å². The Morgan fingerprint density at radius 3 is 2.92 bits per heavy atom. The highest BCUT2D eigenvalue weighted by atomic mass is 35.5. The number of fused-ring (bicyclic) bond motifs is 5. The first-order valence-electron chi connectivity index (χ1n) is 8.64. The predicted molar refractivity (Wildman–Crippen MR) is 95.9 cm³/mol. The molecule has 2 bridgehead atoms. The Kier molecular flexibility index (Phi) is 4.19. The Labute approximate surface area is 147 Å². The first-order chi connectivity index (χ1) is 11.6. The molecule has 1 aromatic heterocycles. The third-order valence-corrected chi connectivity index (χ3v) is 5.67. The van der Waals surface area contributed by atoms with Gasteiger partial charge in [-0.15, -0.1) is 0 Å². The van der Waals surface area contributed by atoms with Gasteiger partial charge in [0.15, 0.2) is 0 Å². The van der Waals surface area contributed by atoms with E-state index in [2.05, 4.69) is 17.0 Å². The van der Waals surface area contributed by atoms with Gasteiger partial charge in [-0.1, -0.05) is 29.8 Å². The molecule has 3 saturated heterocycles. The third kappa shape index (κ3) is 3.01. The summed E-state index contributed by atoms with van der Waals surface area (Å²) >= 11 is 6.29. The number of para-hydroxylation sites is 1. The lowest BCUT2D eigenvalue weighted by molar-refractivity contribution is -0.129. The van der Waals surface area contributed by atoms with E-state index in [1.807, 2.05) is 23.1 Å². The van der Waals surface area contributed by atoms with Gasteiger partial charge in [-0.3, -0.25) is 9.69 Å². The first-order valence-corrected chi connectivity index (χ1v) is 9.01. The van der Waals surface area contributed by atoms with Crippen molar-refractivity contribution < 1.29 is 4.79 Å². The minimum absolute atomic E-state index is 0.198.